The zero-order chi connectivity index (χ0) is 17.6. The van der Waals surface area contributed by atoms with E-state index in [2.05, 4.69) is 22.8 Å². The number of benzene rings is 2. The molecular weight excluding hydrogens is 352 g/mol. The summed E-state index contributed by atoms with van der Waals surface area (Å²) in [6.45, 7) is 1.49. The second-order valence-electron chi connectivity index (χ2n) is 6.24. The molecule has 7 heteroatoms. The van der Waals surface area contributed by atoms with Gasteiger partial charge in [0, 0.05) is 30.7 Å². The minimum absolute atomic E-state index is 0. The van der Waals surface area contributed by atoms with Crippen LogP contribution < -0.4 is 16.4 Å². The van der Waals surface area contributed by atoms with E-state index in [0.29, 0.717) is 18.8 Å². The Balaban J connectivity index is 0.00000243. The van der Waals surface area contributed by atoms with Crippen LogP contribution in [0.25, 0.3) is 0 Å². The number of para-hydroxylation sites is 1. The molecule has 0 aromatic heterocycles. The molecule has 26 heavy (non-hydrogen) atoms. The van der Waals surface area contributed by atoms with Crippen LogP contribution in [0.4, 0.5) is 10.5 Å². The molecule has 3 rings (SSSR count). The van der Waals surface area contributed by atoms with Gasteiger partial charge in [0.2, 0.25) is 5.91 Å². The number of amides is 3. The molecule has 4 N–H and O–H groups in total. The van der Waals surface area contributed by atoms with E-state index in [-0.39, 0.29) is 36.8 Å². The third-order valence-corrected chi connectivity index (χ3v) is 4.32. The van der Waals surface area contributed by atoms with Gasteiger partial charge in [-0.3, -0.25) is 15.0 Å². The molecule has 3 amide bonds. The third-order valence-electron chi connectivity index (χ3n) is 4.32. The highest BCUT2D eigenvalue weighted by molar-refractivity contribution is 6.01. The number of nitrogens with two attached hydrogens (primary N) is 1. The molecule has 2 aromatic carbocycles. The summed E-state index contributed by atoms with van der Waals surface area (Å²) in [5, 5.41) is 4.98. The molecule has 6 nitrogen and oxygen atoms in total. The average molecular weight is 375 g/mol. The van der Waals surface area contributed by atoms with Gasteiger partial charge < -0.3 is 11.1 Å². The molecule has 0 unspecified atom stereocenters. The standard InChI is InChI=1S/C19H22N4O2.ClH/c20-17-12-23(11-16(17)14-7-3-1-4-8-14)13-18(24)22-19(25)21-15-9-5-2-6-10-15;/h1-10,16-17H,11-13,20H2,(H2,21,22,24,25);1H/t16-,17+;/m0./s1. The first kappa shape index (κ1) is 19.9. The summed E-state index contributed by atoms with van der Waals surface area (Å²) in [6.07, 6.45) is 0. The minimum atomic E-state index is -0.528. The molecular formula is C19H23ClN4O2. The minimum Gasteiger partial charge on any atom is -0.326 e. The normalized spacial score (nSPS) is 19.4. The van der Waals surface area contributed by atoms with Crippen molar-refractivity contribution in [1.29, 1.82) is 0 Å². The van der Waals surface area contributed by atoms with Crippen LogP contribution in [0.15, 0.2) is 60.7 Å². The van der Waals surface area contributed by atoms with E-state index in [9.17, 15) is 9.59 Å². The topological polar surface area (TPSA) is 87.5 Å². The van der Waals surface area contributed by atoms with Gasteiger partial charge in [0.1, 0.15) is 0 Å². The molecule has 0 aliphatic carbocycles. The van der Waals surface area contributed by atoms with Crippen LogP contribution in [-0.4, -0.2) is 42.5 Å². The molecule has 0 saturated carbocycles. The van der Waals surface area contributed by atoms with Gasteiger partial charge in [-0.25, -0.2) is 4.79 Å². The fourth-order valence-electron chi connectivity index (χ4n) is 3.15. The zero-order valence-electron chi connectivity index (χ0n) is 14.3. The SMILES string of the molecule is Cl.N[C@@H]1CN(CC(=O)NC(=O)Nc2ccccc2)C[C@H]1c1ccccc1. The number of halogens is 1. The molecule has 1 heterocycles. The van der Waals surface area contributed by atoms with E-state index in [0.717, 1.165) is 0 Å². The summed E-state index contributed by atoms with van der Waals surface area (Å²) in [7, 11) is 0. The maximum atomic E-state index is 12.1. The molecule has 138 valence electrons. The summed E-state index contributed by atoms with van der Waals surface area (Å²) in [6, 6.07) is 18.5. The van der Waals surface area contributed by atoms with Crippen LogP contribution in [0.3, 0.4) is 0 Å². The van der Waals surface area contributed by atoms with Crippen molar-refractivity contribution < 1.29 is 9.59 Å². The van der Waals surface area contributed by atoms with E-state index in [1.165, 1.54) is 5.56 Å². The highest BCUT2D eigenvalue weighted by Gasteiger charge is 2.32. The van der Waals surface area contributed by atoms with Crippen LogP contribution in [0.2, 0.25) is 0 Å². The van der Waals surface area contributed by atoms with E-state index >= 15 is 0 Å². The third kappa shape index (κ3) is 5.29. The van der Waals surface area contributed by atoms with Crippen LogP contribution in [0, 0.1) is 0 Å². The number of urea groups is 1. The van der Waals surface area contributed by atoms with Crippen molar-refractivity contribution in [2.45, 2.75) is 12.0 Å². The Morgan fingerprint density at radius 2 is 1.62 bits per heavy atom. The predicted molar refractivity (Wildman–Crippen MR) is 104 cm³/mol. The van der Waals surface area contributed by atoms with Crippen LogP contribution in [0.5, 0.6) is 0 Å². The maximum Gasteiger partial charge on any atom is 0.325 e. The Morgan fingerprint density at radius 3 is 2.27 bits per heavy atom. The van der Waals surface area contributed by atoms with E-state index in [1.54, 1.807) is 12.1 Å². The average Bonchev–Trinajstić information content (AvgIpc) is 2.96. The Hall–Kier alpha value is -2.41. The zero-order valence-corrected chi connectivity index (χ0v) is 15.1. The summed E-state index contributed by atoms with van der Waals surface area (Å²) < 4.78 is 0. The summed E-state index contributed by atoms with van der Waals surface area (Å²) in [5.41, 5.74) is 8.05. The van der Waals surface area contributed by atoms with E-state index in [4.69, 9.17) is 5.73 Å². The van der Waals surface area contributed by atoms with E-state index < -0.39 is 6.03 Å². The maximum absolute atomic E-state index is 12.1. The van der Waals surface area contributed by atoms with Crippen molar-refractivity contribution in [3.8, 4) is 0 Å². The molecule has 1 aliphatic rings. The highest BCUT2D eigenvalue weighted by Crippen LogP contribution is 2.25. The van der Waals surface area contributed by atoms with Gasteiger partial charge in [-0.2, -0.15) is 0 Å². The molecule has 1 aliphatic heterocycles. The molecule has 0 radical (unpaired) electrons. The Bertz CT molecular complexity index is 727. The van der Waals surface area contributed by atoms with Gasteiger partial charge in [0.05, 0.1) is 6.54 Å². The summed E-state index contributed by atoms with van der Waals surface area (Å²) >= 11 is 0. The first-order valence-corrected chi connectivity index (χ1v) is 8.30. The van der Waals surface area contributed by atoms with Crippen molar-refractivity contribution in [1.82, 2.24) is 10.2 Å². The number of hydrogen-bond acceptors (Lipinski definition) is 4. The first-order valence-electron chi connectivity index (χ1n) is 8.30. The van der Waals surface area contributed by atoms with Gasteiger partial charge >= 0.3 is 6.03 Å². The van der Waals surface area contributed by atoms with Gasteiger partial charge in [-0.1, -0.05) is 48.5 Å². The lowest BCUT2D eigenvalue weighted by atomic mass is 9.95. The number of carbonyl (C=O) groups is 2. The van der Waals surface area contributed by atoms with Crippen molar-refractivity contribution in [3.63, 3.8) is 0 Å². The monoisotopic (exact) mass is 374 g/mol. The number of likely N-dealkylation sites (tertiary alicyclic amines) is 1. The largest absolute Gasteiger partial charge is 0.326 e. The fraction of sp³-hybridized carbons (Fsp3) is 0.263. The predicted octanol–water partition coefficient (Wildman–Crippen LogP) is 2.18. The second kappa shape index (κ2) is 9.33. The quantitative estimate of drug-likeness (QED) is 0.765. The number of anilines is 1. The number of rotatable bonds is 4. The number of carbonyl (C=O) groups excluding carboxylic acids is 2. The first-order chi connectivity index (χ1) is 12.1. The Morgan fingerprint density at radius 1 is 1.00 bits per heavy atom. The molecule has 1 fully saturated rings. The molecule has 0 bridgehead atoms. The summed E-state index contributed by atoms with van der Waals surface area (Å²) in [4.78, 5) is 25.9. The van der Waals surface area contributed by atoms with Crippen molar-refractivity contribution in [3.05, 3.63) is 66.2 Å². The fourth-order valence-corrected chi connectivity index (χ4v) is 3.15. The molecule has 0 spiro atoms. The highest BCUT2D eigenvalue weighted by atomic mass is 35.5. The lowest BCUT2D eigenvalue weighted by Gasteiger charge is -2.15. The molecule has 2 atom stereocenters. The van der Waals surface area contributed by atoms with Crippen LogP contribution in [-0.2, 0) is 4.79 Å². The van der Waals surface area contributed by atoms with Gasteiger partial charge in [-0.05, 0) is 17.7 Å². The molecule has 1 saturated heterocycles. The van der Waals surface area contributed by atoms with Crippen LogP contribution in [0.1, 0.15) is 11.5 Å². The lowest BCUT2D eigenvalue weighted by Crippen LogP contribution is -2.41. The summed E-state index contributed by atoms with van der Waals surface area (Å²) in [5.74, 6) is -0.138. The number of nitrogens with one attached hydrogen (secondary N) is 2. The smallest absolute Gasteiger partial charge is 0.325 e. The number of nitrogens with zero attached hydrogens (tertiary/aromatic N) is 1. The second-order valence-corrected chi connectivity index (χ2v) is 6.24. The Labute approximate surface area is 159 Å². The number of hydrogen-bond donors (Lipinski definition) is 3. The van der Waals surface area contributed by atoms with Crippen molar-refractivity contribution >= 4 is 30.0 Å². The van der Waals surface area contributed by atoms with Gasteiger partial charge in [0.25, 0.3) is 0 Å². The lowest BCUT2D eigenvalue weighted by molar-refractivity contribution is -0.120. The van der Waals surface area contributed by atoms with Crippen LogP contribution >= 0.6 is 12.4 Å². The number of imide groups is 1. The Kier molecular flexibility index (Phi) is 7.15. The van der Waals surface area contributed by atoms with Gasteiger partial charge in [0.15, 0.2) is 0 Å². The van der Waals surface area contributed by atoms with Crippen molar-refractivity contribution in [2.75, 3.05) is 25.0 Å². The molecule has 2 aromatic rings. The van der Waals surface area contributed by atoms with Gasteiger partial charge in [-0.15, -0.1) is 12.4 Å². The van der Waals surface area contributed by atoms with Crippen molar-refractivity contribution in [2.24, 2.45) is 5.73 Å². The van der Waals surface area contributed by atoms with E-state index in [1.807, 2.05) is 41.3 Å².